The molecular formula is C10H7FN2. The van der Waals surface area contributed by atoms with Crippen LogP contribution in [0.25, 0.3) is 15.7 Å². The van der Waals surface area contributed by atoms with E-state index >= 15 is 0 Å². The van der Waals surface area contributed by atoms with Gasteiger partial charge in [-0.15, -0.1) is 0 Å². The molecule has 0 unspecified atom stereocenters. The number of aromatic nitrogens is 1. The van der Waals surface area contributed by atoms with E-state index in [1.54, 1.807) is 12.3 Å². The van der Waals surface area contributed by atoms with Gasteiger partial charge in [-0.25, -0.2) is 11.0 Å². The zero-order chi connectivity index (χ0) is 9.26. The second-order valence-corrected chi connectivity index (χ2v) is 2.82. The average molecular weight is 174 g/mol. The zero-order valence-corrected chi connectivity index (χ0v) is 6.84. The van der Waals surface area contributed by atoms with Gasteiger partial charge in [-0.05, 0) is 18.2 Å². The van der Waals surface area contributed by atoms with Crippen molar-refractivity contribution >= 4 is 10.9 Å². The predicted molar refractivity (Wildman–Crippen MR) is 48.6 cm³/mol. The van der Waals surface area contributed by atoms with E-state index < -0.39 is 0 Å². The first-order valence-corrected chi connectivity index (χ1v) is 3.90. The van der Waals surface area contributed by atoms with E-state index in [9.17, 15) is 4.39 Å². The molecule has 0 aliphatic rings. The summed E-state index contributed by atoms with van der Waals surface area (Å²) in [4.78, 5) is 6.22. The summed E-state index contributed by atoms with van der Waals surface area (Å²) in [6, 6.07) is 4.54. The van der Waals surface area contributed by atoms with Gasteiger partial charge < -0.3 is 9.83 Å². The molecule has 0 aliphatic carbocycles. The van der Waals surface area contributed by atoms with Crippen LogP contribution in [0.4, 0.5) is 4.39 Å². The van der Waals surface area contributed by atoms with Gasteiger partial charge >= 0.3 is 0 Å². The molecule has 1 aromatic carbocycles. The van der Waals surface area contributed by atoms with Gasteiger partial charge in [-0.1, -0.05) is 0 Å². The van der Waals surface area contributed by atoms with Crippen LogP contribution in [-0.4, -0.2) is 4.98 Å². The summed E-state index contributed by atoms with van der Waals surface area (Å²) in [7, 11) is 0. The third-order valence-electron chi connectivity index (χ3n) is 1.98. The highest BCUT2D eigenvalue weighted by Crippen LogP contribution is 2.19. The summed E-state index contributed by atoms with van der Waals surface area (Å²) >= 11 is 0. The Labute approximate surface area is 74.8 Å². The SMILES string of the molecule is [C-]#[N+]Cc1c[nH]c2cc(F)ccc12. The van der Waals surface area contributed by atoms with Crippen LogP contribution in [0.3, 0.4) is 0 Å². The molecule has 64 valence electrons. The first-order valence-electron chi connectivity index (χ1n) is 3.90. The minimum atomic E-state index is -0.260. The molecule has 0 radical (unpaired) electrons. The Hall–Kier alpha value is -1.82. The summed E-state index contributed by atoms with van der Waals surface area (Å²) in [5, 5.41) is 0.928. The summed E-state index contributed by atoms with van der Waals surface area (Å²) in [5.74, 6) is -0.260. The number of hydrogen-bond acceptors (Lipinski definition) is 0. The lowest BCUT2D eigenvalue weighted by Gasteiger charge is -1.90. The Morgan fingerprint density at radius 2 is 2.31 bits per heavy atom. The molecule has 0 bridgehead atoms. The van der Waals surface area contributed by atoms with Gasteiger partial charge in [-0.2, -0.15) is 0 Å². The Bertz CT molecular complexity index is 479. The first kappa shape index (κ1) is 7.81. The highest BCUT2D eigenvalue weighted by atomic mass is 19.1. The smallest absolute Gasteiger partial charge is 0.241 e. The van der Waals surface area contributed by atoms with Crippen molar-refractivity contribution in [2.45, 2.75) is 6.54 Å². The van der Waals surface area contributed by atoms with E-state index in [2.05, 4.69) is 9.83 Å². The number of aromatic amines is 1. The number of rotatable bonds is 1. The molecule has 0 amide bonds. The van der Waals surface area contributed by atoms with Gasteiger partial charge in [0.1, 0.15) is 5.82 Å². The molecule has 0 saturated carbocycles. The van der Waals surface area contributed by atoms with E-state index in [1.807, 2.05) is 0 Å². The first-order chi connectivity index (χ1) is 6.31. The molecule has 2 nitrogen and oxygen atoms in total. The fourth-order valence-electron chi connectivity index (χ4n) is 1.37. The maximum atomic E-state index is 12.8. The third-order valence-corrected chi connectivity index (χ3v) is 1.98. The molecule has 13 heavy (non-hydrogen) atoms. The normalized spacial score (nSPS) is 10.2. The van der Waals surface area contributed by atoms with Crippen LogP contribution in [0.15, 0.2) is 24.4 Å². The highest BCUT2D eigenvalue weighted by molar-refractivity contribution is 5.83. The molecule has 2 aromatic rings. The highest BCUT2D eigenvalue weighted by Gasteiger charge is 2.05. The third kappa shape index (κ3) is 1.27. The number of hydrogen-bond donors (Lipinski definition) is 1. The Kier molecular flexibility index (Phi) is 1.75. The van der Waals surface area contributed by atoms with Gasteiger partial charge in [-0.3, -0.25) is 0 Å². The van der Waals surface area contributed by atoms with Crippen LogP contribution >= 0.6 is 0 Å². The van der Waals surface area contributed by atoms with Crippen molar-refractivity contribution in [3.8, 4) is 0 Å². The second-order valence-electron chi connectivity index (χ2n) is 2.82. The Morgan fingerprint density at radius 1 is 1.46 bits per heavy atom. The maximum Gasteiger partial charge on any atom is 0.241 e. The van der Waals surface area contributed by atoms with E-state index in [0.29, 0.717) is 6.54 Å². The number of nitrogens with one attached hydrogen (secondary N) is 1. The van der Waals surface area contributed by atoms with Crippen LogP contribution in [-0.2, 0) is 6.54 Å². The molecule has 3 heteroatoms. The number of halogens is 1. The average Bonchev–Trinajstić information content (AvgIpc) is 2.49. The van der Waals surface area contributed by atoms with Gasteiger partial charge in [0.2, 0.25) is 6.54 Å². The molecule has 0 atom stereocenters. The molecule has 0 spiro atoms. The molecule has 0 fully saturated rings. The van der Waals surface area contributed by atoms with Crippen LogP contribution in [0.1, 0.15) is 5.56 Å². The Balaban J connectivity index is 2.63. The number of nitrogens with zero attached hydrogens (tertiary/aromatic N) is 1. The monoisotopic (exact) mass is 174 g/mol. The standard InChI is InChI=1S/C10H7FN2/c1-12-5-7-6-13-10-4-8(11)2-3-9(7)10/h2-4,6,13H,5H2. The van der Waals surface area contributed by atoms with Gasteiger partial charge in [0.05, 0.1) is 5.56 Å². The molecule has 1 aromatic heterocycles. The van der Waals surface area contributed by atoms with E-state index in [0.717, 1.165) is 16.5 Å². The topological polar surface area (TPSA) is 20.1 Å². The lowest BCUT2D eigenvalue weighted by atomic mass is 10.2. The second kappa shape index (κ2) is 2.91. The fourth-order valence-corrected chi connectivity index (χ4v) is 1.37. The fraction of sp³-hybridized carbons (Fsp3) is 0.100. The van der Waals surface area contributed by atoms with Crippen molar-refractivity contribution < 1.29 is 4.39 Å². The maximum absolute atomic E-state index is 12.8. The molecule has 1 N–H and O–H groups in total. The quantitative estimate of drug-likeness (QED) is 0.641. The van der Waals surface area contributed by atoms with Gasteiger partial charge in [0, 0.05) is 17.1 Å². The van der Waals surface area contributed by atoms with Crippen molar-refractivity contribution in [1.82, 2.24) is 4.98 Å². The molecule has 0 saturated heterocycles. The van der Waals surface area contributed by atoms with Crippen molar-refractivity contribution in [3.05, 3.63) is 47.2 Å². The summed E-state index contributed by atoms with van der Waals surface area (Å²) in [6.07, 6.45) is 1.75. The minimum Gasteiger partial charge on any atom is -0.361 e. The lowest BCUT2D eigenvalue weighted by molar-refractivity contribution is 0.629. The van der Waals surface area contributed by atoms with Gasteiger partial charge in [0.15, 0.2) is 0 Å². The van der Waals surface area contributed by atoms with Crippen LogP contribution in [0, 0.1) is 12.4 Å². The van der Waals surface area contributed by atoms with Crippen LogP contribution in [0.2, 0.25) is 0 Å². The lowest BCUT2D eigenvalue weighted by Crippen LogP contribution is -1.76. The van der Waals surface area contributed by atoms with Crippen LogP contribution < -0.4 is 0 Å². The number of fused-ring (bicyclic) bond motifs is 1. The van der Waals surface area contributed by atoms with E-state index in [1.165, 1.54) is 12.1 Å². The Morgan fingerprint density at radius 3 is 3.08 bits per heavy atom. The summed E-state index contributed by atoms with van der Waals surface area (Å²) in [6.45, 7) is 7.07. The largest absolute Gasteiger partial charge is 0.361 e. The van der Waals surface area contributed by atoms with Gasteiger partial charge in [0.25, 0.3) is 0 Å². The summed E-state index contributed by atoms with van der Waals surface area (Å²) in [5.41, 5.74) is 1.67. The van der Waals surface area contributed by atoms with E-state index in [4.69, 9.17) is 6.57 Å². The predicted octanol–water partition coefficient (Wildman–Crippen LogP) is 2.73. The minimum absolute atomic E-state index is 0.260. The molecular weight excluding hydrogens is 167 g/mol. The summed E-state index contributed by atoms with van der Waals surface area (Å²) < 4.78 is 12.8. The van der Waals surface area contributed by atoms with E-state index in [-0.39, 0.29) is 5.82 Å². The molecule has 1 heterocycles. The van der Waals surface area contributed by atoms with Crippen molar-refractivity contribution in [2.75, 3.05) is 0 Å². The zero-order valence-electron chi connectivity index (χ0n) is 6.84. The number of benzene rings is 1. The van der Waals surface area contributed by atoms with Crippen molar-refractivity contribution in [1.29, 1.82) is 0 Å². The number of H-pyrrole nitrogens is 1. The molecule has 2 rings (SSSR count). The molecule has 0 aliphatic heterocycles. The van der Waals surface area contributed by atoms with Crippen molar-refractivity contribution in [3.63, 3.8) is 0 Å². The van der Waals surface area contributed by atoms with Crippen LogP contribution in [0.5, 0.6) is 0 Å². The van der Waals surface area contributed by atoms with Crippen molar-refractivity contribution in [2.24, 2.45) is 0 Å².